The summed E-state index contributed by atoms with van der Waals surface area (Å²) in [7, 11) is 0. The fourth-order valence-corrected chi connectivity index (χ4v) is 3.14. The zero-order valence-corrected chi connectivity index (χ0v) is 14.7. The van der Waals surface area contributed by atoms with Crippen molar-refractivity contribution in [2.75, 3.05) is 5.32 Å². The third-order valence-corrected chi connectivity index (χ3v) is 4.53. The summed E-state index contributed by atoms with van der Waals surface area (Å²) in [5.74, 6) is 0.458. The number of carbonyl (C=O) groups is 1. The Morgan fingerprint density at radius 2 is 2.12 bits per heavy atom. The average Bonchev–Trinajstić information content (AvgIpc) is 3.01. The van der Waals surface area contributed by atoms with Crippen LogP contribution in [0.1, 0.15) is 22.1 Å². The van der Waals surface area contributed by atoms with Crippen molar-refractivity contribution in [1.29, 1.82) is 0 Å². The molecule has 3 aromatic rings. The number of hydrogen-bond donors (Lipinski definition) is 1. The molecule has 0 unspecified atom stereocenters. The average molecular weight is 378 g/mol. The smallest absolute Gasteiger partial charge is 0.256 e. The molecule has 0 aliphatic rings. The van der Waals surface area contributed by atoms with Gasteiger partial charge in [-0.25, -0.2) is 4.39 Å². The number of benzene rings is 2. The summed E-state index contributed by atoms with van der Waals surface area (Å²) in [4.78, 5) is 17.4. The van der Waals surface area contributed by atoms with Gasteiger partial charge in [-0.15, -0.1) is 11.8 Å². The number of thioether (sulfide) groups is 1. The normalized spacial score (nSPS) is 10.7. The second-order valence-electron chi connectivity index (χ2n) is 5.10. The van der Waals surface area contributed by atoms with Crippen LogP contribution in [-0.2, 0) is 5.75 Å². The van der Waals surface area contributed by atoms with E-state index in [4.69, 9.17) is 16.1 Å². The number of aryl methyl sites for hydroxylation is 1. The van der Waals surface area contributed by atoms with Crippen LogP contribution < -0.4 is 5.32 Å². The standard InChI is InChI=1S/C17H13ClFN3O2S/c1-10-20-16(24-22-10)9-25-15-5-3-2-4-12(15)17(23)21-14-7-6-11(18)8-13(14)19/h2-8H,9H2,1H3,(H,21,23). The number of halogens is 2. The van der Waals surface area contributed by atoms with E-state index in [1.807, 2.05) is 6.07 Å². The lowest BCUT2D eigenvalue weighted by Gasteiger charge is -2.10. The maximum atomic E-state index is 13.9. The van der Waals surface area contributed by atoms with E-state index in [1.54, 1.807) is 25.1 Å². The molecule has 1 heterocycles. The Labute approximate surface area is 152 Å². The van der Waals surface area contributed by atoms with Gasteiger partial charge in [-0.2, -0.15) is 4.98 Å². The van der Waals surface area contributed by atoms with Crippen LogP contribution in [0, 0.1) is 12.7 Å². The van der Waals surface area contributed by atoms with Crippen LogP contribution in [-0.4, -0.2) is 16.0 Å². The maximum absolute atomic E-state index is 13.9. The minimum absolute atomic E-state index is 0.0710. The van der Waals surface area contributed by atoms with E-state index in [0.717, 1.165) is 11.0 Å². The van der Waals surface area contributed by atoms with E-state index < -0.39 is 11.7 Å². The molecule has 0 atom stereocenters. The van der Waals surface area contributed by atoms with E-state index in [2.05, 4.69) is 15.5 Å². The maximum Gasteiger partial charge on any atom is 0.256 e. The minimum Gasteiger partial charge on any atom is -0.338 e. The van der Waals surface area contributed by atoms with Gasteiger partial charge in [-0.3, -0.25) is 4.79 Å². The molecule has 8 heteroatoms. The summed E-state index contributed by atoms with van der Waals surface area (Å²) >= 11 is 7.11. The summed E-state index contributed by atoms with van der Waals surface area (Å²) in [6, 6.07) is 11.1. The van der Waals surface area contributed by atoms with Crippen LogP contribution in [0.15, 0.2) is 51.9 Å². The number of nitrogens with zero attached hydrogens (tertiary/aromatic N) is 2. The summed E-state index contributed by atoms with van der Waals surface area (Å²) in [6.07, 6.45) is 0. The Morgan fingerprint density at radius 1 is 1.32 bits per heavy atom. The third kappa shape index (κ3) is 4.37. The van der Waals surface area contributed by atoms with E-state index in [9.17, 15) is 9.18 Å². The quantitative estimate of drug-likeness (QED) is 0.652. The molecule has 0 spiro atoms. The van der Waals surface area contributed by atoms with Crippen LogP contribution in [0.3, 0.4) is 0 Å². The molecule has 1 aromatic heterocycles. The first kappa shape index (κ1) is 17.4. The second-order valence-corrected chi connectivity index (χ2v) is 6.55. The molecule has 0 fully saturated rings. The van der Waals surface area contributed by atoms with Gasteiger partial charge in [-0.05, 0) is 37.3 Å². The van der Waals surface area contributed by atoms with E-state index in [1.165, 1.54) is 23.9 Å². The lowest BCUT2D eigenvalue weighted by molar-refractivity contribution is 0.102. The van der Waals surface area contributed by atoms with E-state index in [0.29, 0.717) is 23.0 Å². The molecule has 0 saturated carbocycles. The highest BCUT2D eigenvalue weighted by atomic mass is 35.5. The molecular formula is C17H13ClFN3O2S. The fourth-order valence-electron chi connectivity index (χ4n) is 2.10. The van der Waals surface area contributed by atoms with Gasteiger partial charge >= 0.3 is 0 Å². The Morgan fingerprint density at radius 3 is 2.84 bits per heavy atom. The van der Waals surface area contributed by atoms with Crippen molar-refractivity contribution in [2.24, 2.45) is 0 Å². The molecule has 5 nitrogen and oxygen atoms in total. The number of nitrogens with one attached hydrogen (secondary N) is 1. The van der Waals surface area contributed by atoms with Gasteiger partial charge in [0, 0.05) is 9.92 Å². The van der Waals surface area contributed by atoms with Crippen LogP contribution in [0.5, 0.6) is 0 Å². The van der Waals surface area contributed by atoms with Gasteiger partial charge in [-0.1, -0.05) is 28.9 Å². The second kappa shape index (κ2) is 7.67. The number of aromatic nitrogens is 2. The highest BCUT2D eigenvalue weighted by Gasteiger charge is 2.15. The van der Waals surface area contributed by atoms with Crippen molar-refractivity contribution in [3.63, 3.8) is 0 Å². The minimum atomic E-state index is -0.590. The number of hydrogen-bond acceptors (Lipinski definition) is 5. The zero-order valence-electron chi connectivity index (χ0n) is 13.1. The number of carbonyl (C=O) groups excluding carboxylic acids is 1. The molecule has 1 amide bonds. The first-order chi connectivity index (χ1) is 12.0. The molecular weight excluding hydrogens is 365 g/mol. The Hall–Kier alpha value is -2.38. The summed E-state index contributed by atoms with van der Waals surface area (Å²) in [5, 5.41) is 6.55. The van der Waals surface area contributed by atoms with Gasteiger partial charge in [0.15, 0.2) is 5.82 Å². The van der Waals surface area contributed by atoms with Crippen LogP contribution in [0.25, 0.3) is 0 Å². The SMILES string of the molecule is Cc1noc(CSc2ccccc2C(=O)Nc2ccc(Cl)cc2F)n1. The summed E-state index contributed by atoms with van der Waals surface area (Å²) in [6.45, 7) is 1.74. The lowest BCUT2D eigenvalue weighted by Crippen LogP contribution is -2.14. The fraction of sp³-hybridized carbons (Fsp3) is 0.118. The molecule has 0 aliphatic carbocycles. The van der Waals surface area contributed by atoms with Gasteiger partial charge in [0.2, 0.25) is 5.89 Å². The van der Waals surface area contributed by atoms with Crippen molar-refractivity contribution in [3.8, 4) is 0 Å². The summed E-state index contributed by atoms with van der Waals surface area (Å²) < 4.78 is 18.9. The van der Waals surface area contributed by atoms with Gasteiger partial charge in [0.25, 0.3) is 5.91 Å². The molecule has 0 radical (unpaired) electrons. The molecule has 3 rings (SSSR count). The predicted octanol–water partition coefficient (Wildman–Crippen LogP) is 4.72. The number of amides is 1. The zero-order chi connectivity index (χ0) is 17.8. The van der Waals surface area contributed by atoms with Crippen molar-refractivity contribution < 1.29 is 13.7 Å². The van der Waals surface area contributed by atoms with Crippen molar-refractivity contribution in [2.45, 2.75) is 17.6 Å². The Bertz CT molecular complexity index is 916. The van der Waals surface area contributed by atoms with Gasteiger partial charge in [0.05, 0.1) is 17.0 Å². The highest BCUT2D eigenvalue weighted by Crippen LogP contribution is 2.27. The first-order valence-corrected chi connectivity index (χ1v) is 8.66. The summed E-state index contributed by atoms with van der Waals surface area (Å²) in [5.41, 5.74) is 0.500. The predicted molar refractivity (Wildman–Crippen MR) is 94.4 cm³/mol. The third-order valence-electron chi connectivity index (χ3n) is 3.23. The largest absolute Gasteiger partial charge is 0.338 e. The van der Waals surface area contributed by atoms with Crippen molar-refractivity contribution in [1.82, 2.24) is 10.1 Å². The number of anilines is 1. The molecule has 128 valence electrons. The molecule has 0 bridgehead atoms. The molecule has 1 N–H and O–H groups in total. The molecule has 0 saturated heterocycles. The van der Waals surface area contributed by atoms with Gasteiger partial charge < -0.3 is 9.84 Å². The Balaban J connectivity index is 1.76. The van der Waals surface area contributed by atoms with Crippen LogP contribution >= 0.6 is 23.4 Å². The van der Waals surface area contributed by atoms with Crippen molar-refractivity contribution in [3.05, 3.63) is 70.6 Å². The molecule has 0 aliphatic heterocycles. The molecule has 2 aromatic carbocycles. The van der Waals surface area contributed by atoms with E-state index in [-0.39, 0.29) is 10.7 Å². The van der Waals surface area contributed by atoms with Gasteiger partial charge in [0.1, 0.15) is 5.82 Å². The molecule has 25 heavy (non-hydrogen) atoms. The Kier molecular flexibility index (Phi) is 5.35. The van der Waals surface area contributed by atoms with Crippen LogP contribution in [0.4, 0.5) is 10.1 Å². The first-order valence-electron chi connectivity index (χ1n) is 7.30. The van der Waals surface area contributed by atoms with Crippen LogP contribution in [0.2, 0.25) is 5.02 Å². The number of rotatable bonds is 5. The lowest BCUT2D eigenvalue weighted by atomic mass is 10.2. The highest BCUT2D eigenvalue weighted by molar-refractivity contribution is 7.98. The topological polar surface area (TPSA) is 68.0 Å². The van der Waals surface area contributed by atoms with E-state index >= 15 is 0 Å². The monoisotopic (exact) mass is 377 g/mol. The van der Waals surface area contributed by atoms with Crippen molar-refractivity contribution >= 4 is 35.0 Å².